The lowest BCUT2D eigenvalue weighted by atomic mass is 10.1. The van der Waals surface area contributed by atoms with Gasteiger partial charge in [0.15, 0.2) is 15.7 Å². The molecule has 4 heterocycles. The normalized spacial score (nSPS) is 16.8. The lowest BCUT2D eigenvalue weighted by Gasteiger charge is -2.30. The summed E-state index contributed by atoms with van der Waals surface area (Å²) < 4.78 is 35.2. The van der Waals surface area contributed by atoms with Gasteiger partial charge in [0.2, 0.25) is 5.88 Å². The molecule has 5 rings (SSSR count). The second kappa shape index (κ2) is 8.62. The van der Waals surface area contributed by atoms with Gasteiger partial charge in [0, 0.05) is 56.9 Å². The van der Waals surface area contributed by atoms with Crippen molar-refractivity contribution in [1.82, 2.24) is 20.1 Å². The standard InChI is InChI=1S/C22H26N6O4S/c1-3-19-25-22(32-26-19)27-9-7-16(8-10-27)31-21-13-20(23-14-24-21)28-11-6-15-12-17(33(2,29)30)4-5-18(15)28/h4-5,12-14,16H,3,6-11H2,1-2H3. The predicted octanol–water partition coefficient (Wildman–Crippen LogP) is 2.57. The Morgan fingerprint density at radius 2 is 1.97 bits per heavy atom. The van der Waals surface area contributed by atoms with Crippen LogP contribution in [0.15, 0.2) is 40.0 Å². The maximum Gasteiger partial charge on any atom is 0.324 e. The number of aromatic nitrogens is 4. The van der Waals surface area contributed by atoms with E-state index in [1.165, 1.54) is 12.6 Å². The van der Waals surface area contributed by atoms with E-state index in [0.29, 0.717) is 22.6 Å². The summed E-state index contributed by atoms with van der Waals surface area (Å²) in [5.74, 6) is 1.99. The number of benzene rings is 1. The van der Waals surface area contributed by atoms with Crippen molar-refractivity contribution in [1.29, 1.82) is 0 Å². The van der Waals surface area contributed by atoms with Crippen LogP contribution in [0.5, 0.6) is 5.88 Å². The molecule has 0 spiro atoms. The van der Waals surface area contributed by atoms with E-state index in [1.807, 2.05) is 19.1 Å². The van der Waals surface area contributed by atoms with E-state index >= 15 is 0 Å². The highest BCUT2D eigenvalue weighted by molar-refractivity contribution is 7.90. The third-order valence-corrected chi connectivity index (χ3v) is 7.16. The summed E-state index contributed by atoms with van der Waals surface area (Å²) in [4.78, 5) is 17.6. The highest BCUT2D eigenvalue weighted by atomic mass is 32.2. The van der Waals surface area contributed by atoms with Gasteiger partial charge in [-0.15, -0.1) is 0 Å². The summed E-state index contributed by atoms with van der Waals surface area (Å²) in [6.07, 6.45) is 5.93. The average molecular weight is 471 g/mol. The molecule has 2 aliphatic heterocycles. The van der Waals surface area contributed by atoms with Gasteiger partial charge in [-0.25, -0.2) is 18.4 Å². The van der Waals surface area contributed by atoms with Crippen LogP contribution in [-0.4, -0.2) is 60.5 Å². The molecule has 2 aliphatic rings. The Morgan fingerprint density at radius 1 is 1.15 bits per heavy atom. The summed E-state index contributed by atoms with van der Waals surface area (Å²) in [6.45, 7) is 4.27. The minimum absolute atomic E-state index is 0.0424. The van der Waals surface area contributed by atoms with Crippen molar-refractivity contribution in [2.45, 2.75) is 43.6 Å². The smallest absolute Gasteiger partial charge is 0.324 e. The van der Waals surface area contributed by atoms with E-state index in [2.05, 4.69) is 29.9 Å². The molecular formula is C22H26N6O4S. The van der Waals surface area contributed by atoms with Crippen LogP contribution in [0.2, 0.25) is 0 Å². The molecule has 11 heteroatoms. The van der Waals surface area contributed by atoms with Crippen molar-refractivity contribution in [3.05, 3.63) is 42.0 Å². The molecule has 0 unspecified atom stereocenters. The summed E-state index contributed by atoms with van der Waals surface area (Å²) in [5.41, 5.74) is 1.96. The van der Waals surface area contributed by atoms with Crippen LogP contribution in [0.1, 0.15) is 31.2 Å². The Labute approximate surface area is 192 Å². The van der Waals surface area contributed by atoms with Gasteiger partial charge in [-0.05, 0) is 30.2 Å². The zero-order valence-corrected chi connectivity index (χ0v) is 19.5. The number of anilines is 3. The van der Waals surface area contributed by atoms with Crippen molar-refractivity contribution < 1.29 is 17.7 Å². The van der Waals surface area contributed by atoms with E-state index in [1.54, 1.807) is 12.1 Å². The molecule has 1 saturated heterocycles. The van der Waals surface area contributed by atoms with Gasteiger partial charge in [-0.2, -0.15) is 4.98 Å². The molecule has 33 heavy (non-hydrogen) atoms. The van der Waals surface area contributed by atoms with Crippen molar-refractivity contribution in [2.75, 3.05) is 35.7 Å². The first-order chi connectivity index (χ1) is 15.9. The molecule has 0 bridgehead atoms. The lowest BCUT2D eigenvalue weighted by Crippen LogP contribution is -2.38. The molecule has 1 fully saturated rings. The molecule has 3 aromatic rings. The van der Waals surface area contributed by atoms with Crippen molar-refractivity contribution in [2.24, 2.45) is 0 Å². The van der Waals surface area contributed by atoms with Crippen LogP contribution in [0.25, 0.3) is 0 Å². The quantitative estimate of drug-likeness (QED) is 0.532. The van der Waals surface area contributed by atoms with Gasteiger partial charge >= 0.3 is 6.01 Å². The molecule has 0 atom stereocenters. The SMILES string of the molecule is CCc1noc(N2CCC(Oc3cc(N4CCc5cc(S(C)(=O)=O)ccc54)ncn3)CC2)n1. The van der Waals surface area contributed by atoms with Crippen LogP contribution in [0.4, 0.5) is 17.5 Å². The number of hydrogen-bond donors (Lipinski definition) is 0. The fourth-order valence-electron chi connectivity index (χ4n) is 4.24. The van der Waals surface area contributed by atoms with E-state index < -0.39 is 9.84 Å². The Kier molecular flexibility index (Phi) is 5.65. The zero-order valence-electron chi connectivity index (χ0n) is 18.6. The Bertz CT molecular complexity index is 1250. The van der Waals surface area contributed by atoms with Gasteiger partial charge in [0.25, 0.3) is 0 Å². The fourth-order valence-corrected chi connectivity index (χ4v) is 4.91. The van der Waals surface area contributed by atoms with Gasteiger partial charge < -0.3 is 19.1 Å². The van der Waals surface area contributed by atoms with Crippen LogP contribution in [0, 0.1) is 0 Å². The highest BCUT2D eigenvalue weighted by Gasteiger charge is 2.26. The Morgan fingerprint density at radius 3 is 2.70 bits per heavy atom. The van der Waals surface area contributed by atoms with Crippen LogP contribution in [-0.2, 0) is 22.7 Å². The first kappa shape index (κ1) is 21.6. The number of rotatable bonds is 6. The van der Waals surface area contributed by atoms with Crippen LogP contribution in [0.3, 0.4) is 0 Å². The maximum absolute atomic E-state index is 11.9. The van der Waals surface area contributed by atoms with Gasteiger partial charge in [0.1, 0.15) is 18.2 Å². The van der Waals surface area contributed by atoms with Crippen LogP contribution < -0.4 is 14.5 Å². The zero-order chi connectivity index (χ0) is 23.0. The number of fused-ring (bicyclic) bond motifs is 1. The fraction of sp³-hybridized carbons (Fsp3) is 0.455. The molecule has 0 aliphatic carbocycles. The number of nitrogens with zero attached hydrogens (tertiary/aromatic N) is 6. The maximum atomic E-state index is 11.9. The molecule has 0 amide bonds. The average Bonchev–Trinajstić information content (AvgIpc) is 3.46. The second-order valence-corrected chi connectivity index (χ2v) is 10.3. The van der Waals surface area contributed by atoms with Gasteiger partial charge in [-0.1, -0.05) is 12.1 Å². The molecule has 0 radical (unpaired) electrons. The first-order valence-corrected chi connectivity index (χ1v) is 13.0. The van der Waals surface area contributed by atoms with Gasteiger partial charge in [0.05, 0.1) is 4.90 Å². The van der Waals surface area contributed by atoms with Gasteiger partial charge in [-0.3, -0.25) is 0 Å². The molecule has 2 aromatic heterocycles. The van der Waals surface area contributed by atoms with Crippen molar-refractivity contribution in [3.8, 4) is 5.88 Å². The van der Waals surface area contributed by atoms with E-state index in [0.717, 1.165) is 62.4 Å². The molecule has 174 valence electrons. The molecule has 1 aromatic carbocycles. The van der Waals surface area contributed by atoms with Crippen molar-refractivity contribution >= 4 is 27.4 Å². The molecule has 10 nitrogen and oxygen atoms in total. The minimum Gasteiger partial charge on any atom is -0.474 e. The van der Waals surface area contributed by atoms with Crippen LogP contribution >= 0.6 is 0 Å². The number of hydrogen-bond acceptors (Lipinski definition) is 10. The summed E-state index contributed by atoms with van der Waals surface area (Å²) in [6, 6.07) is 7.66. The number of ether oxygens (including phenoxy) is 1. The third-order valence-electron chi connectivity index (χ3n) is 6.05. The lowest BCUT2D eigenvalue weighted by molar-refractivity contribution is 0.161. The predicted molar refractivity (Wildman–Crippen MR) is 122 cm³/mol. The number of piperidine rings is 1. The topological polar surface area (TPSA) is 115 Å². The largest absolute Gasteiger partial charge is 0.474 e. The highest BCUT2D eigenvalue weighted by Crippen LogP contribution is 2.35. The Hall–Kier alpha value is -3.21. The van der Waals surface area contributed by atoms with E-state index in [-0.39, 0.29) is 6.10 Å². The minimum atomic E-state index is -3.23. The van der Waals surface area contributed by atoms with Crippen molar-refractivity contribution in [3.63, 3.8) is 0 Å². The first-order valence-electron chi connectivity index (χ1n) is 11.1. The third kappa shape index (κ3) is 4.50. The molecule has 0 saturated carbocycles. The summed E-state index contributed by atoms with van der Waals surface area (Å²) in [7, 11) is -3.23. The number of aryl methyl sites for hydroxylation is 1. The number of sulfone groups is 1. The Balaban J connectivity index is 1.25. The summed E-state index contributed by atoms with van der Waals surface area (Å²) >= 11 is 0. The second-order valence-electron chi connectivity index (χ2n) is 8.33. The van der Waals surface area contributed by atoms with E-state index in [9.17, 15) is 8.42 Å². The summed E-state index contributed by atoms with van der Waals surface area (Å²) in [5, 5.41) is 3.97. The molecule has 0 N–H and O–H groups in total. The molecular weight excluding hydrogens is 444 g/mol. The monoisotopic (exact) mass is 470 g/mol. The van der Waals surface area contributed by atoms with E-state index in [4.69, 9.17) is 9.26 Å².